The number of hydrogen-bond donors (Lipinski definition) is 1. The summed E-state index contributed by atoms with van der Waals surface area (Å²) >= 11 is 0. The normalized spacial score (nSPS) is 15.0. The molecule has 1 fully saturated rings. The van der Waals surface area contributed by atoms with Crippen LogP contribution in [-0.2, 0) is 16.0 Å². The molecule has 0 saturated carbocycles. The van der Waals surface area contributed by atoms with Crippen molar-refractivity contribution in [3.8, 4) is 0 Å². The number of aryl methyl sites for hydroxylation is 1. The van der Waals surface area contributed by atoms with E-state index in [9.17, 15) is 9.59 Å². The molecule has 2 aromatic rings. The minimum atomic E-state index is -0.400. The molecule has 1 N–H and O–H groups in total. The SMILES string of the molecule is CNC(=O)COC(=O)N1CCC(CCc2nccc3ccccc23)CC1. The molecule has 1 aliphatic rings. The third kappa shape index (κ3) is 4.50. The van der Waals surface area contributed by atoms with E-state index in [2.05, 4.69) is 28.5 Å². The summed E-state index contributed by atoms with van der Waals surface area (Å²) < 4.78 is 5.01. The molecule has 138 valence electrons. The maximum absolute atomic E-state index is 12.0. The highest BCUT2D eigenvalue weighted by Gasteiger charge is 2.24. The first-order valence-electron chi connectivity index (χ1n) is 9.12. The van der Waals surface area contributed by atoms with Crippen LogP contribution >= 0.6 is 0 Å². The molecule has 1 saturated heterocycles. The lowest BCUT2D eigenvalue weighted by Gasteiger charge is -2.31. The second-order valence-electron chi connectivity index (χ2n) is 6.68. The van der Waals surface area contributed by atoms with Crippen molar-refractivity contribution < 1.29 is 14.3 Å². The van der Waals surface area contributed by atoms with Gasteiger partial charge in [-0.05, 0) is 43.1 Å². The minimum absolute atomic E-state index is 0.220. The summed E-state index contributed by atoms with van der Waals surface area (Å²) in [4.78, 5) is 29.4. The van der Waals surface area contributed by atoms with Gasteiger partial charge < -0.3 is 15.0 Å². The maximum atomic E-state index is 12.0. The number of nitrogens with zero attached hydrogens (tertiary/aromatic N) is 2. The molecule has 2 amide bonds. The predicted molar refractivity (Wildman–Crippen MR) is 99.8 cm³/mol. The molecule has 26 heavy (non-hydrogen) atoms. The quantitative estimate of drug-likeness (QED) is 0.895. The van der Waals surface area contributed by atoms with E-state index in [1.165, 1.54) is 17.8 Å². The molecule has 3 rings (SSSR count). The highest BCUT2D eigenvalue weighted by molar-refractivity contribution is 5.84. The Morgan fingerprint density at radius 2 is 2.00 bits per heavy atom. The first-order chi connectivity index (χ1) is 12.7. The summed E-state index contributed by atoms with van der Waals surface area (Å²) in [6.45, 7) is 1.14. The van der Waals surface area contributed by atoms with Gasteiger partial charge in [-0.15, -0.1) is 0 Å². The first kappa shape index (κ1) is 18.2. The summed E-state index contributed by atoms with van der Waals surface area (Å²) in [7, 11) is 1.52. The molecular weight excluding hydrogens is 330 g/mol. The Kier molecular flexibility index (Phi) is 6.04. The molecule has 0 atom stereocenters. The molecule has 0 bridgehead atoms. The van der Waals surface area contributed by atoms with Crippen LogP contribution in [0, 0.1) is 5.92 Å². The van der Waals surface area contributed by atoms with Gasteiger partial charge in [0.15, 0.2) is 6.61 Å². The highest BCUT2D eigenvalue weighted by atomic mass is 16.6. The van der Waals surface area contributed by atoms with Crippen molar-refractivity contribution >= 4 is 22.8 Å². The fourth-order valence-corrected chi connectivity index (χ4v) is 3.42. The summed E-state index contributed by atoms with van der Waals surface area (Å²) in [6.07, 6.45) is 5.42. The lowest BCUT2D eigenvalue weighted by Crippen LogP contribution is -2.40. The van der Waals surface area contributed by atoms with E-state index in [-0.39, 0.29) is 12.5 Å². The topological polar surface area (TPSA) is 71.5 Å². The number of likely N-dealkylation sites (N-methyl/N-ethyl adjacent to an activating group) is 1. The molecule has 0 aliphatic carbocycles. The lowest BCUT2D eigenvalue weighted by molar-refractivity contribution is -0.123. The van der Waals surface area contributed by atoms with Gasteiger partial charge in [-0.25, -0.2) is 4.79 Å². The van der Waals surface area contributed by atoms with Crippen LogP contribution in [0.1, 0.15) is 25.0 Å². The number of ether oxygens (including phenoxy) is 1. The van der Waals surface area contributed by atoms with Crippen LogP contribution in [0.3, 0.4) is 0 Å². The van der Waals surface area contributed by atoms with Crippen LogP contribution in [0.15, 0.2) is 36.5 Å². The third-order valence-electron chi connectivity index (χ3n) is 5.02. The standard InChI is InChI=1S/C20H25N3O3/c1-21-19(24)14-26-20(25)23-12-9-15(10-13-23)6-7-18-17-5-3-2-4-16(17)8-11-22-18/h2-5,8,11,15H,6-7,9-10,12-14H2,1H3,(H,21,24). The van der Waals surface area contributed by atoms with Crippen molar-refractivity contribution in [1.29, 1.82) is 0 Å². The number of benzene rings is 1. The zero-order valence-electron chi connectivity index (χ0n) is 15.1. The van der Waals surface area contributed by atoms with Crippen molar-refractivity contribution in [2.45, 2.75) is 25.7 Å². The van der Waals surface area contributed by atoms with Crippen LogP contribution < -0.4 is 5.32 Å². The lowest BCUT2D eigenvalue weighted by atomic mass is 9.91. The molecule has 1 aromatic heterocycles. The molecule has 1 aliphatic heterocycles. The van der Waals surface area contributed by atoms with E-state index in [0.29, 0.717) is 19.0 Å². The van der Waals surface area contributed by atoms with Gasteiger partial charge in [-0.1, -0.05) is 24.3 Å². The number of nitrogens with one attached hydrogen (secondary N) is 1. The monoisotopic (exact) mass is 355 g/mol. The first-order valence-corrected chi connectivity index (χ1v) is 9.12. The van der Waals surface area contributed by atoms with E-state index in [1.54, 1.807) is 4.90 Å². The van der Waals surface area contributed by atoms with Crippen LogP contribution in [0.2, 0.25) is 0 Å². The van der Waals surface area contributed by atoms with E-state index < -0.39 is 6.09 Å². The minimum Gasteiger partial charge on any atom is -0.439 e. The average molecular weight is 355 g/mol. The number of piperidine rings is 1. The number of hydrogen-bond acceptors (Lipinski definition) is 4. The van der Waals surface area contributed by atoms with Gasteiger partial charge in [0.25, 0.3) is 5.91 Å². The average Bonchev–Trinajstić information content (AvgIpc) is 2.70. The number of fused-ring (bicyclic) bond motifs is 1. The fraction of sp³-hybridized carbons (Fsp3) is 0.450. The predicted octanol–water partition coefficient (Wildman–Crippen LogP) is 2.76. The van der Waals surface area contributed by atoms with Crippen molar-refractivity contribution in [3.63, 3.8) is 0 Å². The van der Waals surface area contributed by atoms with Crippen molar-refractivity contribution in [2.75, 3.05) is 26.7 Å². The molecule has 1 aromatic carbocycles. The van der Waals surface area contributed by atoms with Gasteiger partial charge in [-0.3, -0.25) is 9.78 Å². The highest BCUT2D eigenvalue weighted by Crippen LogP contribution is 2.24. The largest absolute Gasteiger partial charge is 0.439 e. The molecule has 0 radical (unpaired) electrons. The molecule has 2 heterocycles. The Morgan fingerprint density at radius 1 is 1.23 bits per heavy atom. The van der Waals surface area contributed by atoms with Crippen LogP contribution in [-0.4, -0.2) is 48.6 Å². The maximum Gasteiger partial charge on any atom is 0.410 e. The number of carbonyl (C=O) groups is 2. The summed E-state index contributed by atoms with van der Waals surface area (Å²) in [6, 6.07) is 10.4. The second-order valence-corrected chi connectivity index (χ2v) is 6.68. The van der Waals surface area contributed by atoms with Crippen LogP contribution in [0.4, 0.5) is 4.79 Å². The summed E-state index contributed by atoms with van der Waals surface area (Å²) in [5, 5.41) is 4.89. The van der Waals surface area contributed by atoms with Gasteiger partial charge in [0, 0.05) is 37.4 Å². The summed E-state index contributed by atoms with van der Waals surface area (Å²) in [5.41, 5.74) is 1.15. The van der Waals surface area contributed by atoms with E-state index in [0.717, 1.165) is 31.4 Å². The van der Waals surface area contributed by atoms with Gasteiger partial charge >= 0.3 is 6.09 Å². The number of pyridine rings is 1. The Morgan fingerprint density at radius 3 is 2.77 bits per heavy atom. The molecular formula is C20H25N3O3. The number of carbonyl (C=O) groups excluding carboxylic acids is 2. The Bertz CT molecular complexity index is 764. The number of likely N-dealkylation sites (tertiary alicyclic amines) is 1. The Hall–Kier alpha value is -2.63. The number of rotatable bonds is 5. The Balaban J connectivity index is 1.47. The fourth-order valence-electron chi connectivity index (χ4n) is 3.42. The smallest absolute Gasteiger partial charge is 0.410 e. The van der Waals surface area contributed by atoms with Crippen molar-refractivity contribution in [2.24, 2.45) is 5.92 Å². The number of amides is 2. The van der Waals surface area contributed by atoms with E-state index in [4.69, 9.17) is 4.74 Å². The zero-order valence-corrected chi connectivity index (χ0v) is 15.1. The molecule has 0 unspecified atom stereocenters. The zero-order chi connectivity index (χ0) is 18.4. The second kappa shape index (κ2) is 8.65. The Labute approximate surface area is 153 Å². The molecule has 6 nitrogen and oxygen atoms in total. The third-order valence-corrected chi connectivity index (χ3v) is 5.02. The van der Waals surface area contributed by atoms with Gasteiger partial charge in [0.2, 0.25) is 0 Å². The van der Waals surface area contributed by atoms with Gasteiger partial charge in [0.1, 0.15) is 0 Å². The summed E-state index contributed by atoms with van der Waals surface area (Å²) in [5.74, 6) is 0.287. The van der Waals surface area contributed by atoms with Gasteiger partial charge in [0.05, 0.1) is 0 Å². The molecule has 0 spiro atoms. The number of aromatic nitrogens is 1. The van der Waals surface area contributed by atoms with E-state index in [1.807, 2.05) is 18.3 Å². The van der Waals surface area contributed by atoms with Gasteiger partial charge in [-0.2, -0.15) is 0 Å². The van der Waals surface area contributed by atoms with Crippen molar-refractivity contribution in [3.05, 3.63) is 42.2 Å². The van der Waals surface area contributed by atoms with Crippen molar-refractivity contribution in [1.82, 2.24) is 15.2 Å². The van der Waals surface area contributed by atoms with E-state index >= 15 is 0 Å². The van der Waals surface area contributed by atoms with Crippen LogP contribution in [0.5, 0.6) is 0 Å². The van der Waals surface area contributed by atoms with Crippen LogP contribution in [0.25, 0.3) is 10.8 Å². The molecule has 6 heteroatoms.